The van der Waals surface area contributed by atoms with E-state index in [-0.39, 0.29) is 23.8 Å². The Morgan fingerprint density at radius 3 is 2.33 bits per heavy atom. The minimum Gasteiger partial charge on any atom is -0.371 e. The highest BCUT2D eigenvalue weighted by atomic mass is 35.5. The molecule has 10 heteroatoms. The van der Waals surface area contributed by atoms with Crippen LogP contribution in [0.1, 0.15) is 81.1 Å². The van der Waals surface area contributed by atoms with Gasteiger partial charge in [-0.05, 0) is 68.9 Å². The first-order valence-corrected chi connectivity index (χ1v) is 16.8. The molecule has 2 aliphatic heterocycles. The number of anilines is 2. The Morgan fingerprint density at radius 1 is 1.04 bits per heavy atom. The zero-order chi connectivity index (χ0) is 31.8. The molecule has 2 aromatic carbocycles. The first kappa shape index (κ1) is 33.1. The predicted molar refractivity (Wildman–Crippen MR) is 178 cm³/mol. The summed E-state index contributed by atoms with van der Waals surface area (Å²) >= 11 is 6.37. The smallest absolute Gasteiger partial charge is 0.254 e. The van der Waals surface area contributed by atoms with E-state index in [1.54, 1.807) is 12.3 Å². The van der Waals surface area contributed by atoms with Gasteiger partial charge in [-0.15, -0.1) is 0 Å². The molecule has 0 radical (unpaired) electrons. The first-order chi connectivity index (χ1) is 21.9. The number of ether oxygens (including phenoxy) is 2. The fourth-order valence-electron chi connectivity index (χ4n) is 6.39. The van der Waals surface area contributed by atoms with Gasteiger partial charge in [0.2, 0.25) is 0 Å². The maximum Gasteiger partial charge on any atom is 0.254 e. The largest absolute Gasteiger partial charge is 0.371 e. The number of halogens is 2. The molecule has 2 fully saturated rings. The van der Waals surface area contributed by atoms with Crippen LogP contribution in [-0.4, -0.2) is 62.6 Å². The van der Waals surface area contributed by atoms with Crippen LogP contribution in [0.3, 0.4) is 0 Å². The molecule has 1 aromatic heterocycles. The van der Waals surface area contributed by atoms with Gasteiger partial charge in [0.15, 0.2) is 6.29 Å². The number of amides is 1. The van der Waals surface area contributed by atoms with E-state index in [0.29, 0.717) is 42.8 Å². The van der Waals surface area contributed by atoms with E-state index in [0.717, 1.165) is 86.7 Å². The van der Waals surface area contributed by atoms with E-state index >= 15 is 4.39 Å². The summed E-state index contributed by atoms with van der Waals surface area (Å²) in [6.45, 7) is 8.75. The molecule has 0 spiro atoms. The second-order valence-electron chi connectivity index (χ2n) is 12.2. The van der Waals surface area contributed by atoms with E-state index in [9.17, 15) is 10.1 Å². The highest BCUT2D eigenvalue weighted by molar-refractivity contribution is 6.36. The number of rotatable bonds is 13. The van der Waals surface area contributed by atoms with Gasteiger partial charge in [-0.25, -0.2) is 4.39 Å². The first-order valence-electron chi connectivity index (χ1n) is 16.5. The molecule has 0 atom stereocenters. The maximum absolute atomic E-state index is 15.3. The quantitative estimate of drug-likeness (QED) is 0.150. The van der Waals surface area contributed by atoms with Gasteiger partial charge in [0, 0.05) is 68.6 Å². The molecule has 0 aliphatic carbocycles. The van der Waals surface area contributed by atoms with Crippen molar-refractivity contribution in [3.05, 3.63) is 58.5 Å². The number of nitrogens with one attached hydrogen (secondary N) is 2. The number of nitriles is 1. The van der Waals surface area contributed by atoms with Crippen LogP contribution >= 0.6 is 11.6 Å². The van der Waals surface area contributed by atoms with E-state index in [4.69, 9.17) is 21.1 Å². The van der Waals surface area contributed by atoms with Crippen molar-refractivity contribution < 1.29 is 18.7 Å². The van der Waals surface area contributed by atoms with E-state index in [1.165, 1.54) is 6.07 Å². The Hall–Kier alpha value is -3.32. The second kappa shape index (κ2) is 15.8. The Kier molecular flexibility index (Phi) is 11.6. The predicted octanol–water partition coefficient (Wildman–Crippen LogP) is 7.41. The highest BCUT2D eigenvalue weighted by Gasteiger charge is 2.29. The van der Waals surface area contributed by atoms with Crippen LogP contribution < -0.4 is 15.1 Å². The van der Waals surface area contributed by atoms with Gasteiger partial charge in [-0.2, -0.15) is 5.26 Å². The van der Waals surface area contributed by atoms with Crippen LogP contribution in [0.2, 0.25) is 5.02 Å². The third kappa shape index (κ3) is 7.92. The van der Waals surface area contributed by atoms with Crippen molar-refractivity contribution in [3.63, 3.8) is 0 Å². The molecule has 45 heavy (non-hydrogen) atoms. The molecule has 0 saturated carbocycles. The summed E-state index contributed by atoms with van der Waals surface area (Å²) in [5.41, 5.74) is 3.21. The summed E-state index contributed by atoms with van der Waals surface area (Å²) < 4.78 is 27.5. The molecule has 2 saturated heterocycles. The van der Waals surface area contributed by atoms with Crippen LogP contribution in [0.4, 0.5) is 15.8 Å². The van der Waals surface area contributed by atoms with Crippen molar-refractivity contribution in [1.29, 1.82) is 5.26 Å². The maximum atomic E-state index is 15.3. The number of fused-ring (bicyclic) bond motifs is 1. The van der Waals surface area contributed by atoms with E-state index in [1.807, 2.05) is 18.2 Å². The lowest BCUT2D eigenvalue weighted by atomic mass is 9.95. The molecule has 8 nitrogen and oxygen atoms in total. The van der Waals surface area contributed by atoms with Crippen LogP contribution in [0.25, 0.3) is 10.9 Å². The van der Waals surface area contributed by atoms with Gasteiger partial charge in [-0.3, -0.25) is 4.79 Å². The van der Waals surface area contributed by atoms with Gasteiger partial charge < -0.3 is 29.6 Å². The van der Waals surface area contributed by atoms with Crippen molar-refractivity contribution in [2.24, 2.45) is 5.92 Å². The monoisotopic (exact) mass is 637 g/mol. The normalized spacial score (nSPS) is 16.4. The minimum absolute atomic E-state index is 0.0556. The van der Waals surface area contributed by atoms with Gasteiger partial charge in [0.25, 0.3) is 5.91 Å². The Bertz CT molecular complexity index is 1460. The molecule has 1 amide bonds. The van der Waals surface area contributed by atoms with Crippen LogP contribution in [0.5, 0.6) is 0 Å². The van der Waals surface area contributed by atoms with E-state index in [2.05, 4.69) is 40.0 Å². The van der Waals surface area contributed by atoms with Crippen LogP contribution in [-0.2, 0) is 9.47 Å². The van der Waals surface area contributed by atoms with Crippen molar-refractivity contribution >= 4 is 39.8 Å². The number of piperidine rings is 2. The molecular weight excluding hydrogens is 593 g/mol. The second-order valence-corrected chi connectivity index (χ2v) is 12.6. The molecular formula is C35H45ClFN5O3. The molecule has 0 bridgehead atoms. The molecule has 3 aromatic rings. The summed E-state index contributed by atoms with van der Waals surface area (Å²) in [6.07, 6.45) is 9.00. The number of hydrogen-bond acceptors (Lipinski definition) is 6. The highest BCUT2D eigenvalue weighted by Crippen LogP contribution is 2.35. The third-order valence-electron chi connectivity index (χ3n) is 9.10. The minimum atomic E-state index is -0.503. The number of carbonyl (C=O) groups excluding carboxylic acids is 1. The number of unbranched alkanes of at least 4 members (excludes halogenated alkanes) is 2. The fraction of sp³-hybridized carbons (Fsp3) is 0.543. The van der Waals surface area contributed by atoms with Gasteiger partial charge in [0.1, 0.15) is 11.9 Å². The molecule has 0 unspecified atom stereocenters. The summed E-state index contributed by atoms with van der Waals surface area (Å²) in [6, 6.07) is 10.9. The molecule has 3 heterocycles. The van der Waals surface area contributed by atoms with Gasteiger partial charge >= 0.3 is 0 Å². The number of aromatic amines is 1. The molecule has 242 valence electrons. The van der Waals surface area contributed by atoms with Gasteiger partial charge in [0.05, 0.1) is 27.4 Å². The van der Waals surface area contributed by atoms with Crippen molar-refractivity contribution in [3.8, 4) is 6.07 Å². The Morgan fingerprint density at radius 2 is 1.71 bits per heavy atom. The lowest BCUT2D eigenvalue weighted by molar-refractivity contribution is -0.177. The molecule has 2 aliphatic rings. The third-order valence-corrected chi connectivity index (χ3v) is 9.42. The van der Waals surface area contributed by atoms with Crippen molar-refractivity contribution in [1.82, 2.24) is 10.3 Å². The van der Waals surface area contributed by atoms with Crippen molar-refractivity contribution in [2.75, 3.05) is 49.2 Å². The summed E-state index contributed by atoms with van der Waals surface area (Å²) in [4.78, 5) is 20.7. The van der Waals surface area contributed by atoms with E-state index < -0.39 is 5.82 Å². The average molecular weight is 638 g/mol. The molecule has 5 rings (SSSR count). The van der Waals surface area contributed by atoms with Crippen LogP contribution in [0.15, 0.2) is 36.5 Å². The van der Waals surface area contributed by atoms with Gasteiger partial charge in [-0.1, -0.05) is 38.3 Å². The number of benzene rings is 2. The topological polar surface area (TPSA) is 93.6 Å². The Balaban J connectivity index is 1.13. The average Bonchev–Trinajstić information content (AvgIpc) is 3.50. The molecule has 2 N–H and O–H groups in total. The number of aromatic nitrogens is 1. The number of carbonyl (C=O) groups is 1. The number of nitrogens with zero attached hydrogens (tertiary/aromatic N) is 3. The zero-order valence-corrected chi connectivity index (χ0v) is 27.2. The summed E-state index contributed by atoms with van der Waals surface area (Å²) in [7, 11) is 0. The Labute approximate surface area is 270 Å². The number of H-pyrrole nitrogens is 1. The van der Waals surface area contributed by atoms with Crippen LogP contribution in [0, 0.1) is 23.1 Å². The van der Waals surface area contributed by atoms with Crippen molar-refractivity contribution in [2.45, 2.75) is 77.5 Å². The fourth-order valence-corrected chi connectivity index (χ4v) is 6.65. The standard InChI is InChI=1S/C35H45ClFN5O3/c1-3-5-19-44-35(45-20-6-4-2)24-11-15-41(16-12-24)27-7-8-28(30(37)21-27)34(43)40-26-13-17-42(18-14-26)31-10-9-29(36)32-25(22-38)23-39-33(31)32/h7-10,21,23-24,26,35,39H,3-6,11-20H2,1-2H3,(H,40,43). The number of hydrogen-bond donors (Lipinski definition) is 2. The SMILES string of the molecule is CCCCOC(OCCCC)C1CCN(c2ccc(C(=O)NC3CCN(c4ccc(Cl)c5c(C#N)c[nH]c45)CC3)c(F)c2)CC1. The lowest BCUT2D eigenvalue weighted by Gasteiger charge is -2.37. The zero-order valence-electron chi connectivity index (χ0n) is 26.4. The summed E-state index contributed by atoms with van der Waals surface area (Å²) in [5, 5.41) is 13.8. The summed E-state index contributed by atoms with van der Waals surface area (Å²) in [5.74, 6) is -0.568. The lowest BCUT2D eigenvalue weighted by Crippen LogP contribution is -2.45.